The van der Waals surface area contributed by atoms with E-state index in [0.717, 1.165) is 23.4 Å². The van der Waals surface area contributed by atoms with Crippen molar-refractivity contribution in [2.75, 3.05) is 11.4 Å². The van der Waals surface area contributed by atoms with Crippen molar-refractivity contribution >= 4 is 11.3 Å². The summed E-state index contributed by atoms with van der Waals surface area (Å²) in [6.45, 7) is 4.49. The van der Waals surface area contributed by atoms with Crippen LogP contribution in [0.5, 0.6) is 0 Å². The number of anilines is 1. The lowest BCUT2D eigenvalue weighted by molar-refractivity contribution is 1.08. The lowest BCUT2D eigenvalue weighted by Gasteiger charge is -2.26. The molecule has 0 saturated carbocycles. The van der Waals surface area contributed by atoms with E-state index in [4.69, 9.17) is 10.5 Å². The first-order chi connectivity index (χ1) is 9.80. The third kappa shape index (κ3) is 2.68. The first-order valence-electron chi connectivity index (χ1n) is 6.17. The fourth-order valence-corrected chi connectivity index (χ4v) is 2.02. The Bertz CT molecular complexity index is 678. The predicted octanol–water partition coefficient (Wildman–Crippen LogP) is 3.56. The minimum atomic E-state index is 0.0944. The number of allylic oxidation sites excluding steroid dienone is 5. The SMILES string of the molecule is C=CCN1C=C/C(=C\C=C(C#N)C#N)c2ccccc21. The normalized spacial score (nSPS) is 14.1. The maximum atomic E-state index is 8.76. The number of para-hydroxylation sites is 1. The quantitative estimate of drug-likeness (QED) is 0.616. The topological polar surface area (TPSA) is 50.8 Å². The fourth-order valence-electron chi connectivity index (χ4n) is 2.02. The van der Waals surface area contributed by atoms with Crippen LogP contribution in [0, 0.1) is 22.7 Å². The summed E-state index contributed by atoms with van der Waals surface area (Å²) in [5.74, 6) is 0. The number of hydrogen-bond donors (Lipinski definition) is 0. The zero-order chi connectivity index (χ0) is 14.4. The Morgan fingerprint density at radius 2 is 2.00 bits per heavy atom. The molecule has 20 heavy (non-hydrogen) atoms. The first kappa shape index (κ1) is 13.4. The van der Waals surface area contributed by atoms with E-state index in [1.807, 2.05) is 54.8 Å². The summed E-state index contributed by atoms with van der Waals surface area (Å²) in [6.07, 6.45) is 9.12. The van der Waals surface area contributed by atoms with Gasteiger partial charge in [0.2, 0.25) is 0 Å². The number of nitriles is 2. The molecule has 0 bridgehead atoms. The molecule has 1 heterocycles. The zero-order valence-electron chi connectivity index (χ0n) is 11.0. The van der Waals surface area contributed by atoms with Crippen molar-refractivity contribution in [3.8, 4) is 12.1 Å². The molecule has 1 aliphatic heterocycles. The third-order valence-corrected chi connectivity index (χ3v) is 2.95. The summed E-state index contributed by atoms with van der Waals surface area (Å²) in [5, 5.41) is 17.5. The molecule has 0 unspecified atom stereocenters. The molecule has 0 N–H and O–H groups in total. The number of nitrogens with zero attached hydrogens (tertiary/aromatic N) is 3. The van der Waals surface area contributed by atoms with Crippen molar-refractivity contribution in [3.63, 3.8) is 0 Å². The van der Waals surface area contributed by atoms with E-state index in [1.54, 1.807) is 12.2 Å². The highest BCUT2D eigenvalue weighted by atomic mass is 15.1. The van der Waals surface area contributed by atoms with Crippen molar-refractivity contribution in [2.24, 2.45) is 0 Å². The molecule has 0 fully saturated rings. The Morgan fingerprint density at radius 1 is 1.25 bits per heavy atom. The van der Waals surface area contributed by atoms with Crippen LogP contribution in [-0.2, 0) is 0 Å². The smallest absolute Gasteiger partial charge is 0.129 e. The molecule has 0 aromatic heterocycles. The molecule has 0 atom stereocenters. The highest BCUT2D eigenvalue weighted by molar-refractivity contribution is 5.87. The van der Waals surface area contributed by atoms with Crippen molar-refractivity contribution < 1.29 is 0 Å². The van der Waals surface area contributed by atoms with Crippen molar-refractivity contribution in [1.82, 2.24) is 0 Å². The Kier molecular flexibility index (Phi) is 4.17. The molecule has 3 nitrogen and oxygen atoms in total. The Balaban J connectivity index is 2.45. The molecule has 1 aliphatic rings. The predicted molar refractivity (Wildman–Crippen MR) is 80.4 cm³/mol. The van der Waals surface area contributed by atoms with E-state index in [9.17, 15) is 0 Å². The van der Waals surface area contributed by atoms with Gasteiger partial charge in [-0.25, -0.2) is 0 Å². The van der Waals surface area contributed by atoms with Gasteiger partial charge in [-0.1, -0.05) is 30.4 Å². The van der Waals surface area contributed by atoms with Gasteiger partial charge in [-0.2, -0.15) is 10.5 Å². The van der Waals surface area contributed by atoms with Gasteiger partial charge in [0, 0.05) is 24.0 Å². The Labute approximate surface area is 118 Å². The summed E-state index contributed by atoms with van der Waals surface area (Å²) in [7, 11) is 0. The van der Waals surface area contributed by atoms with Gasteiger partial charge in [0.05, 0.1) is 0 Å². The molecule has 0 amide bonds. The third-order valence-electron chi connectivity index (χ3n) is 2.95. The van der Waals surface area contributed by atoms with Crippen LogP contribution in [0.4, 0.5) is 5.69 Å². The maximum Gasteiger partial charge on any atom is 0.129 e. The molecule has 0 radical (unpaired) electrons. The van der Waals surface area contributed by atoms with Crippen LogP contribution in [0.15, 0.2) is 66.9 Å². The molecule has 1 aromatic rings. The van der Waals surface area contributed by atoms with Gasteiger partial charge in [0.1, 0.15) is 17.7 Å². The highest BCUT2D eigenvalue weighted by Crippen LogP contribution is 2.32. The van der Waals surface area contributed by atoms with Crippen LogP contribution in [0.1, 0.15) is 5.56 Å². The Morgan fingerprint density at radius 3 is 2.70 bits per heavy atom. The number of rotatable bonds is 3. The van der Waals surface area contributed by atoms with Crippen LogP contribution in [0.25, 0.3) is 5.57 Å². The van der Waals surface area contributed by atoms with Gasteiger partial charge in [-0.3, -0.25) is 0 Å². The minimum Gasteiger partial charge on any atom is -0.344 e. The van der Waals surface area contributed by atoms with Gasteiger partial charge >= 0.3 is 0 Å². The lowest BCUT2D eigenvalue weighted by Crippen LogP contribution is -2.19. The number of hydrogen-bond acceptors (Lipinski definition) is 3. The van der Waals surface area contributed by atoms with Crippen molar-refractivity contribution in [1.29, 1.82) is 10.5 Å². The van der Waals surface area contributed by atoms with E-state index >= 15 is 0 Å². The van der Waals surface area contributed by atoms with E-state index in [0.29, 0.717) is 0 Å². The molecular formula is C17H13N3. The molecule has 2 rings (SSSR count). The molecule has 0 saturated heterocycles. The average Bonchev–Trinajstić information content (AvgIpc) is 2.50. The first-order valence-corrected chi connectivity index (χ1v) is 6.17. The zero-order valence-corrected chi connectivity index (χ0v) is 11.0. The van der Waals surface area contributed by atoms with Crippen molar-refractivity contribution in [2.45, 2.75) is 0 Å². The van der Waals surface area contributed by atoms with E-state index in [1.165, 1.54) is 0 Å². The molecule has 0 aliphatic carbocycles. The Hall–Kier alpha value is -3.04. The van der Waals surface area contributed by atoms with Crippen LogP contribution < -0.4 is 4.90 Å². The number of fused-ring (bicyclic) bond motifs is 1. The summed E-state index contributed by atoms with van der Waals surface area (Å²) >= 11 is 0. The summed E-state index contributed by atoms with van der Waals surface area (Å²) in [5.41, 5.74) is 3.23. The molecule has 0 spiro atoms. The largest absolute Gasteiger partial charge is 0.344 e. The number of benzene rings is 1. The second-order valence-corrected chi connectivity index (χ2v) is 4.20. The summed E-state index contributed by atoms with van der Waals surface area (Å²) < 4.78 is 0. The standard InChI is InChI=1S/C17H13N3/c1-2-10-20-11-9-15(8-7-14(12-18)13-19)16-5-3-4-6-17(16)20/h2-9,11H,1,10H2/b15-8+. The van der Waals surface area contributed by atoms with Gasteiger partial charge in [0.25, 0.3) is 0 Å². The monoisotopic (exact) mass is 259 g/mol. The second-order valence-electron chi connectivity index (χ2n) is 4.20. The van der Waals surface area contributed by atoms with Crippen LogP contribution in [-0.4, -0.2) is 6.54 Å². The molecule has 3 heteroatoms. The van der Waals surface area contributed by atoms with Gasteiger partial charge in [-0.05, 0) is 23.8 Å². The van der Waals surface area contributed by atoms with E-state index in [2.05, 4.69) is 11.5 Å². The molecule has 96 valence electrons. The van der Waals surface area contributed by atoms with Gasteiger partial charge < -0.3 is 4.90 Å². The summed E-state index contributed by atoms with van der Waals surface area (Å²) in [6, 6.07) is 11.7. The van der Waals surface area contributed by atoms with E-state index in [-0.39, 0.29) is 5.57 Å². The van der Waals surface area contributed by atoms with Crippen LogP contribution in [0.2, 0.25) is 0 Å². The summed E-state index contributed by atoms with van der Waals surface area (Å²) in [4.78, 5) is 2.10. The second kappa shape index (κ2) is 6.22. The van der Waals surface area contributed by atoms with Gasteiger partial charge in [0.15, 0.2) is 0 Å². The molecule has 1 aromatic carbocycles. The minimum absolute atomic E-state index is 0.0944. The van der Waals surface area contributed by atoms with Crippen LogP contribution >= 0.6 is 0 Å². The lowest BCUT2D eigenvalue weighted by atomic mass is 9.99. The maximum absolute atomic E-state index is 8.76. The van der Waals surface area contributed by atoms with Crippen molar-refractivity contribution in [3.05, 3.63) is 72.5 Å². The average molecular weight is 259 g/mol. The molecular weight excluding hydrogens is 246 g/mol. The fraction of sp³-hybridized carbons (Fsp3) is 0.0588. The highest BCUT2D eigenvalue weighted by Gasteiger charge is 2.13. The van der Waals surface area contributed by atoms with Crippen LogP contribution in [0.3, 0.4) is 0 Å². The van der Waals surface area contributed by atoms with Gasteiger partial charge in [-0.15, -0.1) is 6.58 Å². The van der Waals surface area contributed by atoms with E-state index < -0.39 is 0 Å².